The van der Waals surface area contributed by atoms with E-state index in [1.807, 2.05) is 13.0 Å². The molecule has 1 saturated carbocycles. The Labute approximate surface area is 97.1 Å². The SMILES string of the molecule is CCNC1CC(c2ccc(F)cc2C)C1C. The lowest BCUT2D eigenvalue weighted by Gasteiger charge is -2.44. The molecular weight excluding hydrogens is 201 g/mol. The zero-order valence-corrected chi connectivity index (χ0v) is 10.3. The highest BCUT2D eigenvalue weighted by atomic mass is 19.1. The zero-order chi connectivity index (χ0) is 11.7. The Morgan fingerprint density at radius 3 is 2.75 bits per heavy atom. The van der Waals surface area contributed by atoms with Crippen LogP contribution in [-0.4, -0.2) is 12.6 Å². The minimum Gasteiger partial charge on any atom is -0.314 e. The molecule has 1 aromatic carbocycles. The van der Waals surface area contributed by atoms with Crippen molar-refractivity contribution in [3.05, 3.63) is 35.1 Å². The molecule has 1 aliphatic carbocycles. The summed E-state index contributed by atoms with van der Waals surface area (Å²) < 4.78 is 13.0. The van der Waals surface area contributed by atoms with Crippen LogP contribution in [0.3, 0.4) is 0 Å². The van der Waals surface area contributed by atoms with Gasteiger partial charge >= 0.3 is 0 Å². The van der Waals surface area contributed by atoms with E-state index >= 15 is 0 Å². The molecule has 0 spiro atoms. The lowest BCUT2D eigenvalue weighted by atomic mass is 9.66. The standard InChI is InChI=1S/C14H20FN/c1-4-16-14-8-13(10(14)3)12-6-5-11(15)7-9(12)2/h5-7,10,13-14,16H,4,8H2,1-3H3. The Morgan fingerprint density at radius 1 is 1.44 bits per heavy atom. The Balaban J connectivity index is 2.10. The molecule has 1 N–H and O–H groups in total. The first-order valence-corrected chi connectivity index (χ1v) is 6.13. The van der Waals surface area contributed by atoms with Gasteiger partial charge in [-0.1, -0.05) is 19.9 Å². The van der Waals surface area contributed by atoms with Crippen molar-refractivity contribution in [1.29, 1.82) is 0 Å². The minimum atomic E-state index is -0.128. The van der Waals surface area contributed by atoms with Crippen LogP contribution in [0.2, 0.25) is 0 Å². The van der Waals surface area contributed by atoms with Gasteiger partial charge in [-0.05, 0) is 55.0 Å². The van der Waals surface area contributed by atoms with E-state index < -0.39 is 0 Å². The van der Waals surface area contributed by atoms with Crippen molar-refractivity contribution in [3.8, 4) is 0 Å². The lowest BCUT2D eigenvalue weighted by Crippen LogP contribution is -2.47. The average molecular weight is 221 g/mol. The molecule has 16 heavy (non-hydrogen) atoms. The molecule has 3 unspecified atom stereocenters. The van der Waals surface area contributed by atoms with Gasteiger partial charge in [0.1, 0.15) is 5.82 Å². The smallest absolute Gasteiger partial charge is 0.123 e. The molecule has 1 aromatic rings. The summed E-state index contributed by atoms with van der Waals surface area (Å²) in [6.07, 6.45) is 1.18. The van der Waals surface area contributed by atoms with Gasteiger partial charge in [-0.15, -0.1) is 0 Å². The molecule has 88 valence electrons. The van der Waals surface area contributed by atoms with E-state index in [2.05, 4.69) is 19.2 Å². The molecule has 1 nitrogen and oxygen atoms in total. The van der Waals surface area contributed by atoms with Gasteiger partial charge in [-0.3, -0.25) is 0 Å². The Morgan fingerprint density at radius 2 is 2.19 bits per heavy atom. The van der Waals surface area contributed by atoms with Gasteiger partial charge in [0.05, 0.1) is 0 Å². The molecule has 0 bridgehead atoms. The Hall–Kier alpha value is -0.890. The highest BCUT2D eigenvalue weighted by Crippen LogP contribution is 2.43. The van der Waals surface area contributed by atoms with Gasteiger partial charge in [0.25, 0.3) is 0 Å². The number of benzene rings is 1. The maximum Gasteiger partial charge on any atom is 0.123 e. The number of hydrogen-bond donors (Lipinski definition) is 1. The third-order valence-corrected chi connectivity index (χ3v) is 3.87. The maximum absolute atomic E-state index is 13.0. The van der Waals surface area contributed by atoms with Crippen LogP contribution in [0.4, 0.5) is 4.39 Å². The quantitative estimate of drug-likeness (QED) is 0.826. The van der Waals surface area contributed by atoms with E-state index in [1.54, 1.807) is 12.1 Å². The van der Waals surface area contributed by atoms with Gasteiger partial charge in [0.15, 0.2) is 0 Å². The van der Waals surface area contributed by atoms with Gasteiger partial charge in [0.2, 0.25) is 0 Å². The van der Waals surface area contributed by atoms with Crippen LogP contribution >= 0.6 is 0 Å². The second kappa shape index (κ2) is 4.54. The van der Waals surface area contributed by atoms with Crippen molar-refractivity contribution >= 4 is 0 Å². The molecular formula is C14H20FN. The van der Waals surface area contributed by atoms with Crippen molar-refractivity contribution in [2.75, 3.05) is 6.54 Å². The third-order valence-electron chi connectivity index (χ3n) is 3.87. The van der Waals surface area contributed by atoms with Gasteiger partial charge in [0, 0.05) is 6.04 Å². The number of halogens is 1. The zero-order valence-electron chi connectivity index (χ0n) is 10.3. The molecule has 0 saturated heterocycles. The van der Waals surface area contributed by atoms with Crippen LogP contribution < -0.4 is 5.32 Å². The monoisotopic (exact) mass is 221 g/mol. The second-order valence-corrected chi connectivity index (χ2v) is 4.87. The van der Waals surface area contributed by atoms with Crippen molar-refractivity contribution in [2.24, 2.45) is 5.92 Å². The van der Waals surface area contributed by atoms with Crippen LogP contribution in [0.15, 0.2) is 18.2 Å². The molecule has 2 heteroatoms. The fraction of sp³-hybridized carbons (Fsp3) is 0.571. The maximum atomic E-state index is 13.0. The summed E-state index contributed by atoms with van der Waals surface area (Å²) in [7, 11) is 0. The Bertz CT molecular complexity index is 375. The first kappa shape index (κ1) is 11.6. The van der Waals surface area contributed by atoms with E-state index in [9.17, 15) is 4.39 Å². The van der Waals surface area contributed by atoms with E-state index in [0.29, 0.717) is 17.9 Å². The van der Waals surface area contributed by atoms with Crippen molar-refractivity contribution < 1.29 is 4.39 Å². The van der Waals surface area contributed by atoms with Gasteiger partial charge < -0.3 is 5.32 Å². The predicted molar refractivity (Wildman–Crippen MR) is 65.1 cm³/mol. The second-order valence-electron chi connectivity index (χ2n) is 4.87. The molecule has 0 aliphatic heterocycles. The summed E-state index contributed by atoms with van der Waals surface area (Å²) in [5.41, 5.74) is 2.41. The molecule has 3 atom stereocenters. The minimum absolute atomic E-state index is 0.128. The van der Waals surface area contributed by atoms with Crippen LogP contribution in [0, 0.1) is 18.7 Å². The topological polar surface area (TPSA) is 12.0 Å². The highest BCUT2D eigenvalue weighted by molar-refractivity contribution is 5.32. The van der Waals surface area contributed by atoms with Crippen LogP contribution in [-0.2, 0) is 0 Å². The molecule has 1 aliphatic rings. The number of nitrogens with one attached hydrogen (secondary N) is 1. The largest absolute Gasteiger partial charge is 0.314 e. The first-order chi connectivity index (χ1) is 7.63. The van der Waals surface area contributed by atoms with Crippen molar-refractivity contribution in [3.63, 3.8) is 0 Å². The summed E-state index contributed by atoms with van der Waals surface area (Å²) in [6.45, 7) is 7.46. The van der Waals surface area contributed by atoms with E-state index in [0.717, 1.165) is 12.1 Å². The highest BCUT2D eigenvalue weighted by Gasteiger charge is 2.38. The molecule has 0 radical (unpaired) electrons. The van der Waals surface area contributed by atoms with E-state index in [4.69, 9.17) is 0 Å². The summed E-state index contributed by atoms with van der Waals surface area (Å²) in [6, 6.07) is 5.81. The molecule has 1 fully saturated rings. The van der Waals surface area contributed by atoms with E-state index in [-0.39, 0.29) is 5.82 Å². The first-order valence-electron chi connectivity index (χ1n) is 6.13. The predicted octanol–water partition coefficient (Wildman–Crippen LogP) is 3.24. The summed E-state index contributed by atoms with van der Waals surface area (Å²) in [4.78, 5) is 0. The fourth-order valence-electron chi connectivity index (χ4n) is 2.78. The summed E-state index contributed by atoms with van der Waals surface area (Å²) in [5, 5.41) is 3.49. The van der Waals surface area contributed by atoms with Crippen molar-refractivity contribution in [1.82, 2.24) is 5.32 Å². The van der Waals surface area contributed by atoms with Crippen LogP contribution in [0.25, 0.3) is 0 Å². The van der Waals surface area contributed by atoms with Gasteiger partial charge in [-0.25, -0.2) is 4.39 Å². The Kier molecular flexibility index (Phi) is 3.29. The lowest BCUT2D eigenvalue weighted by molar-refractivity contribution is 0.186. The van der Waals surface area contributed by atoms with Gasteiger partial charge in [-0.2, -0.15) is 0 Å². The van der Waals surface area contributed by atoms with Crippen LogP contribution in [0.5, 0.6) is 0 Å². The molecule has 0 heterocycles. The average Bonchev–Trinajstić information content (AvgIpc) is 2.25. The molecule has 0 amide bonds. The number of aryl methyl sites for hydroxylation is 1. The van der Waals surface area contributed by atoms with Crippen LogP contribution in [0.1, 0.15) is 37.3 Å². The number of hydrogen-bond acceptors (Lipinski definition) is 1. The van der Waals surface area contributed by atoms with E-state index in [1.165, 1.54) is 12.0 Å². The normalized spacial score (nSPS) is 28.9. The number of rotatable bonds is 3. The summed E-state index contributed by atoms with van der Waals surface area (Å²) in [5.74, 6) is 1.13. The fourth-order valence-corrected chi connectivity index (χ4v) is 2.78. The molecule has 2 rings (SSSR count). The summed E-state index contributed by atoms with van der Waals surface area (Å²) >= 11 is 0. The third kappa shape index (κ3) is 1.99. The molecule has 0 aromatic heterocycles. The van der Waals surface area contributed by atoms with Crippen molar-refractivity contribution in [2.45, 2.75) is 39.2 Å².